The highest BCUT2D eigenvalue weighted by molar-refractivity contribution is 6.12. The summed E-state index contributed by atoms with van der Waals surface area (Å²) in [7, 11) is 2.16. The lowest BCUT2D eigenvalue weighted by atomic mass is 9.93. The fourth-order valence-electron chi connectivity index (χ4n) is 7.64. The van der Waals surface area contributed by atoms with Gasteiger partial charge in [0.25, 0.3) is 0 Å². The van der Waals surface area contributed by atoms with Crippen LogP contribution in [0, 0.1) is 0 Å². The number of hydrogen-bond acceptors (Lipinski definition) is 2. The van der Waals surface area contributed by atoms with Crippen molar-refractivity contribution in [2.75, 3.05) is 11.9 Å². The van der Waals surface area contributed by atoms with E-state index in [4.69, 9.17) is 0 Å². The second-order valence-corrected chi connectivity index (χ2v) is 12.6. The van der Waals surface area contributed by atoms with Crippen molar-refractivity contribution >= 4 is 27.9 Å². The third-order valence-electron chi connectivity index (χ3n) is 9.79. The van der Waals surface area contributed by atoms with Gasteiger partial charge in [-0.15, -0.1) is 0 Å². The van der Waals surface area contributed by atoms with Gasteiger partial charge < -0.3 is 14.4 Å². The zero-order valence-electron chi connectivity index (χ0n) is 26.4. The van der Waals surface area contributed by atoms with Crippen molar-refractivity contribution in [1.82, 2.24) is 9.47 Å². The van der Waals surface area contributed by atoms with E-state index in [0.29, 0.717) is 0 Å². The van der Waals surface area contributed by atoms with Crippen LogP contribution in [0.4, 0.5) is 11.4 Å². The van der Waals surface area contributed by atoms with E-state index in [1.54, 1.807) is 0 Å². The highest BCUT2D eigenvalue weighted by Gasteiger charge is 2.34. The molecule has 0 saturated carbocycles. The molecular formula is C44H35N3. The molecule has 1 unspecified atom stereocenters. The second-order valence-electron chi connectivity index (χ2n) is 12.6. The van der Waals surface area contributed by atoms with Crippen LogP contribution in [0.1, 0.15) is 18.4 Å². The fraction of sp³-hybridized carbons (Fsp3) is 0.0909. The van der Waals surface area contributed by atoms with E-state index in [2.05, 4.69) is 185 Å². The van der Waals surface area contributed by atoms with Gasteiger partial charge in [-0.3, -0.25) is 0 Å². The zero-order chi connectivity index (χ0) is 31.3. The van der Waals surface area contributed by atoms with Crippen molar-refractivity contribution in [1.29, 1.82) is 0 Å². The molecule has 0 spiro atoms. The second kappa shape index (κ2) is 11.2. The molecule has 3 heteroatoms. The average Bonchev–Trinajstić information content (AvgIpc) is 3.42. The maximum Gasteiger partial charge on any atom is 0.125 e. The Labute approximate surface area is 276 Å². The average molecular weight is 606 g/mol. The van der Waals surface area contributed by atoms with E-state index in [1.165, 1.54) is 72.6 Å². The monoisotopic (exact) mass is 605 g/mol. The van der Waals surface area contributed by atoms with Crippen LogP contribution in [-0.2, 0) is 0 Å². The SMILES string of the molecule is CN1C=CC=CC1N1c2ccccc2-c2c(n(-c3cc(C4=CC=CCC4)cc(-c4ccccc4)c3)c3ccccc23)-c2ccccc21. The molecule has 1 aromatic heterocycles. The predicted octanol–water partition coefficient (Wildman–Crippen LogP) is 11.2. The molecule has 3 nitrogen and oxygen atoms in total. The maximum atomic E-state index is 2.53. The van der Waals surface area contributed by atoms with Gasteiger partial charge >= 0.3 is 0 Å². The Bertz CT molecular complexity index is 2280. The molecule has 2 aliphatic heterocycles. The van der Waals surface area contributed by atoms with Gasteiger partial charge in [0.15, 0.2) is 0 Å². The number of anilines is 2. The van der Waals surface area contributed by atoms with Gasteiger partial charge in [-0.2, -0.15) is 0 Å². The van der Waals surface area contributed by atoms with Crippen molar-refractivity contribution in [2.24, 2.45) is 0 Å². The molecule has 9 rings (SSSR count). The number of rotatable bonds is 4. The number of likely N-dealkylation sites (N-methyl/N-ethyl adjacent to an activating group) is 1. The van der Waals surface area contributed by atoms with Gasteiger partial charge in [-0.25, -0.2) is 0 Å². The van der Waals surface area contributed by atoms with Gasteiger partial charge in [-0.1, -0.05) is 109 Å². The predicted molar refractivity (Wildman–Crippen MR) is 198 cm³/mol. The molecule has 0 bridgehead atoms. The van der Waals surface area contributed by atoms with Gasteiger partial charge in [0.2, 0.25) is 0 Å². The van der Waals surface area contributed by atoms with E-state index < -0.39 is 0 Å². The first-order chi connectivity index (χ1) is 23.3. The van der Waals surface area contributed by atoms with Gasteiger partial charge in [0, 0.05) is 41.0 Å². The number of para-hydroxylation sites is 3. The van der Waals surface area contributed by atoms with Gasteiger partial charge in [0.05, 0.1) is 22.6 Å². The number of hydrogen-bond donors (Lipinski definition) is 0. The van der Waals surface area contributed by atoms with Crippen molar-refractivity contribution in [3.8, 4) is 39.2 Å². The van der Waals surface area contributed by atoms with E-state index in [9.17, 15) is 0 Å². The molecule has 0 saturated heterocycles. The van der Waals surface area contributed by atoms with Gasteiger partial charge in [-0.05, 0) is 83.7 Å². The lowest BCUT2D eigenvalue weighted by molar-refractivity contribution is 0.384. The number of nitrogens with zero attached hydrogens (tertiary/aromatic N) is 3. The molecule has 3 aliphatic rings. The molecule has 0 N–H and O–H groups in total. The summed E-state index contributed by atoms with van der Waals surface area (Å²) >= 11 is 0. The molecule has 0 amide bonds. The Hall–Kier alpha value is -5.80. The Morgan fingerprint density at radius 3 is 2.17 bits per heavy atom. The zero-order valence-corrected chi connectivity index (χ0v) is 26.4. The normalized spacial score (nSPS) is 16.4. The first-order valence-corrected chi connectivity index (χ1v) is 16.5. The molecule has 226 valence electrons. The number of benzene rings is 5. The molecule has 6 aromatic rings. The molecule has 0 fully saturated rings. The molecule has 3 heterocycles. The molecule has 0 radical (unpaired) electrons. The smallest absolute Gasteiger partial charge is 0.125 e. The Kier molecular flexibility index (Phi) is 6.57. The molecule has 1 atom stereocenters. The summed E-state index contributed by atoms with van der Waals surface area (Å²) < 4.78 is 2.53. The maximum absolute atomic E-state index is 2.53. The molecule has 1 aliphatic carbocycles. The largest absolute Gasteiger partial charge is 0.357 e. The van der Waals surface area contributed by atoms with Crippen LogP contribution in [0.15, 0.2) is 164 Å². The number of fused-ring (bicyclic) bond motifs is 7. The Morgan fingerprint density at radius 1 is 0.638 bits per heavy atom. The summed E-state index contributed by atoms with van der Waals surface area (Å²) in [5.74, 6) is 0. The lowest BCUT2D eigenvalue weighted by Crippen LogP contribution is -2.41. The van der Waals surface area contributed by atoms with Crippen LogP contribution in [0.25, 0.3) is 55.7 Å². The standard InChI is InChI=1S/C44H35N3/c1-45-27-15-14-26-42(45)47-40-24-12-9-21-37(40)43-36-20-8-11-23-39(36)46(44(43)38-22-10-13-25-41(38)47)35-29-33(31-16-4-2-5-17-31)28-34(30-35)32-18-6-3-7-19-32/h2-6,8-18,20-30,42H,7,19H2,1H3. The minimum Gasteiger partial charge on any atom is -0.357 e. The van der Waals surface area contributed by atoms with Crippen LogP contribution in [0.3, 0.4) is 0 Å². The first-order valence-electron chi connectivity index (χ1n) is 16.5. The van der Waals surface area contributed by atoms with Crippen molar-refractivity contribution in [3.63, 3.8) is 0 Å². The van der Waals surface area contributed by atoms with Crippen molar-refractivity contribution in [2.45, 2.75) is 19.0 Å². The summed E-state index contributed by atoms with van der Waals surface area (Å²) in [4.78, 5) is 4.80. The third kappa shape index (κ3) is 4.50. The number of aromatic nitrogens is 1. The summed E-state index contributed by atoms with van der Waals surface area (Å²) in [6, 6.07) is 44.8. The van der Waals surface area contributed by atoms with Gasteiger partial charge in [0.1, 0.15) is 6.17 Å². The summed E-state index contributed by atoms with van der Waals surface area (Å²) in [6.45, 7) is 0. The minimum absolute atomic E-state index is 0.0327. The first kappa shape index (κ1) is 27.5. The molecule has 5 aromatic carbocycles. The molecular weight excluding hydrogens is 571 g/mol. The van der Waals surface area contributed by atoms with Crippen molar-refractivity contribution in [3.05, 3.63) is 170 Å². The van der Waals surface area contributed by atoms with E-state index in [1.807, 2.05) is 0 Å². The molecule has 47 heavy (non-hydrogen) atoms. The summed E-state index contributed by atoms with van der Waals surface area (Å²) in [5.41, 5.74) is 14.9. The summed E-state index contributed by atoms with van der Waals surface area (Å²) in [6.07, 6.45) is 17.6. The van der Waals surface area contributed by atoms with Crippen LogP contribution in [-0.4, -0.2) is 22.7 Å². The van der Waals surface area contributed by atoms with Crippen LogP contribution >= 0.6 is 0 Å². The fourth-order valence-corrected chi connectivity index (χ4v) is 7.64. The highest BCUT2D eigenvalue weighted by Crippen LogP contribution is 2.53. The Balaban J connectivity index is 1.39. The van der Waals surface area contributed by atoms with E-state index in [-0.39, 0.29) is 6.17 Å². The topological polar surface area (TPSA) is 11.4 Å². The summed E-state index contributed by atoms with van der Waals surface area (Å²) in [5, 5.41) is 1.26. The van der Waals surface area contributed by atoms with Crippen LogP contribution < -0.4 is 4.90 Å². The van der Waals surface area contributed by atoms with E-state index >= 15 is 0 Å². The number of allylic oxidation sites excluding steroid dienone is 6. The van der Waals surface area contributed by atoms with Crippen molar-refractivity contribution < 1.29 is 0 Å². The van der Waals surface area contributed by atoms with Crippen LogP contribution in [0.2, 0.25) is 0 Å². The lowest BCUT2D eigenvalue weighted by Gasteiger charge is -2.39. The minimum atomic E-state index is 0.0327. The third-order valence-corrected chi connectivity index (χ3v) is 9.79. The quantitative estimate of drug-likeness (QED) is 0.198. The van der Waals surface area contributed by atoms with E-state index in [0.717, 1.165) is 12.8 Å². The van der Waals surface area contributed by atoms with Crippen LogP contribution in [0.5, 0.6) is 0 Å². The Morgan fingerprint density at radius 2 is 1.36 bits per heavy atom. The highest BCUT2D eigenvalue weighted by atomic mass is 15.3.